The quantitative estimate of drug-likeness (QED) is 0.712. The molecule has 2 rings (SSSR count). The molecule has 17 heavy (non-hydrogen) atoms. The summed E-state index contributed by atoms with van der Waals surface area (Å²) in [5.74, 6) is -0.703. The highest BCUT2D eigenvalue weighted by molar-refractivity contribution is 6.30. The van der Waals surface area contributed by atoms with Gasteiger partial charge in [-0.05, 0) is 30.9 Å². The third kappa shape index (κ3) is 2.61. The van der Waals surface area contributed by atoms with Gasteiger partial charge in [-0.25, -0.2) is 8.78 Å². The van der Waals surface area contributed by atoms with Gasteiger partial charge < -0.3 is 4.74 Å². The monoisotopic (exact) mass is 260 g/mol. The van der Waals surface area contributed by atoms with Gasteiger partial charge in [0.25, 0.3) is 0 Å². The van der Waals surface area contributed by atoms with Crippen LogP contribution in [0.3, 0.4) is 0 Å². The zero-order valence-corrected chi connectivity index (χ0v) is 10.6. The third-order valence-corrected chi connectivity index (χ3v) is 3.47. The first-order valence-electron chi connectivity index (χ1n) is 5.79. The van der Waals surface area contributed by atoms with Crippen LogP contribution in [-0.2, 0) is 4.74 Å². The van der Waals surface area contributed by atoms with Crippen molar-refractivity contribution in [3.8, 4) is 0 Å². The van der Waals surface area contributed by atoms with E-state index in [-0.39, 0.29) is 22.8 Å². The van der Waals surface area contributed by atoms with E-state index in [1.165, 1.54) is 0 Å². The molecule has 0 saturated carbocycles. The standard InChI is InChI=1S/C13H15ClF2O/c1-7(2)12-3-4-13(17-12)8-5-11(16)9(14)6-10(8)15/h5-7,12-13H,3-4H2,1-2H3/t12-,13+/m0/s1. The summed E-state index contributed by atoms with van der Waals surface area (Å²) in [4.78, 5) is 0. The van der Waals surface area contributed by atoms with E-state index in [0.29, 0.717) is 5.92 Å². The molecule has 0 amide bonds. The fraction of sp³-hybridized carbons (Fsp3) is 0.538. The van der Waals surface area contributed by atoms with Crippen molar-refractivity contribution < 1.29 is 13.5 Å². The van der Waals surface area contributed by atoms with Gasteiger partial charge in [-0.2, -0.15) is 0 Å². The maximum Gasteiger partial charge on any atom is 0.142 e. The molecule has 94 valence electrons. The zero-order valence-electron chi connectivity index (χ0n) is 9.84. The first kappa shape index (κ1) is 12.8. The van der Waals surface area contributed by atoms with E-state index >= 15 is 0 Å². The highest BCUT2D eigenvalue weighted by atomic mass is 35.5. The second kappa shape index (κ2) is 4.91. The molecule has 1 aromatic carbocycles. The normalized spacial score (nSPS) is 24.6. The van der Waals surface area contributed by atoms with Crippen molar-refractivity contribution in [3.63, 3.8) is 0 Å². The summed E-state index contributed by atoms with van der Waals surface area (Å²) in [5.41, 5.74) is 0.273. The number of benzene rings is 1. The Kier molecular flexibility index (Phi) is 3.69. The summed E-state index contributed by atoms with van der Waals surface area (Å²) in [6, 6.07) is 2.16. The van der Waals surface area contributed by atoms with E-state index in [4.69, 9.17) is 16.3 Å². The molecule has 1 aromatic rings. The van der Waals surface area contributed by atoms with Gasteiger partial charge in [0, 0.05) is 5.56 Å². The highest BCUT2D eigenvalue weighted by Gasteiger charge is 2.30. The topological polar surface area (TPSA) is 9.23 Å². The van der Waals surface area contributed by atoms with Crippen molar-refractivity contribution >= 4 is 11.6 Å². The molecule has 0 aliphatic carbocycles. The Morgan fingerprint density at radius 1 is 1.24 bits per heavy atom. The molecule has 1 nitrogen and oxygen atoms in total. The zero-order chi connectivity index (χ0) is 12.6. The summed E-state index contributed by atoms with van der Waals surface area (Å²) in [7, 11) is 0. The van der Waals surface area contributed by atoms with Gasteiger partial charge in [0.2, 0.25) is 0 Å². The predicted octanol–water partition coefficient (Wildman–Crippen LogP) is 4.49. The van der Waals surface area contributed by atoms with Crippen LogP contribution in [0.15, 0.2) is 12.1 Å². The minimum atomic E-state index is -0.598. The number of halogens is 3. The lowest BCUT2D eigenvalue weighted by Crippen LogP contribution is -2.14. The van der Waals surface area contributed by atoms with Crippen LogP contribution >= 0.6 is 11.6 Å². The Labute approximate surface area is 105 Å². The molecule has 1 aliphatic heterocycles. The average Bonchev–Trinajstić information content (AvgIpc) is 2.72. The lowest BCUT2D eigenvalue weighted by Gasteiger charge is -2.17. The molecule has 1 saturated heterocycles. The van der Waals surface area contributed by atoms with Gasteiger partial charge in [0.1, 0.15) is 11.6 Å². The summed E-state index contributed by atoms with van der Waals surface area (Å²) in [6.07, 6.45) is 1.37. The van der Waals surface area contributed by atoms with Crippen LogP contribution in [0.5, 0.6) is 0 Å². The number of ether oxygens (including phenoxy) is 1. The van der Waals surface area contributed by atoms with E-state index in [2.05, 4.69) is 13.8 Å². The molecule has 0 unspecified atom stereocenters. The van der Waals surface area contributed by atoms with Gasteiger partial charge in [-0.15, -0.1) is 0 Å². The average molecular weight is 261 g/mol. The number of hydrogen-bond acceptors (Lipinski definition) is 1. The SMILES string of the molecule is CC(C)[C@@H]1CC[C@H](c2cc(F)c(Cl)cc2F)O1. The summed E-state index contributed by atoms with van der Waals surface area (Å²) < 4.78 is 32.7. The fourth-order valence-corrected chi connectivity index (χ4v) is 2.32. The van der Waals surface area contributed by atoms with Crippen molar-refractivity contribution in [2.45, 2.75) is 38.9 Å². The minimum absolute atomic E-state index is 0.123. The second-order valence-electron chi connectivity index (χ2n) is 4.77. The maximum absolute atomic E-state index is 13.7. The Bertz CT molecular complexity index is 420. The van der Waals surface area contributed by atoms with Crippen LogP contribution in [0.25, 0.3) is 0 Å². The second-order valence-corrected chi connectivity index (χ2v) is 5.18. The molecule has 2 atom stereocenters. The first-order valence-corrected chi connectivity index (χ1v) is 6.16. The fourth-order valence-electron chi connectivity index (χ4n) is 2.17. The molecule has 0 N–H and O–H groups in total. The lowest BCUT2D eigenvalue weighted by atomic mass is 10.0. The molecule has 0 aromatic heterocycles. The van der Waals surface area contributed by atoms with E-state index in [1.54, 1.807) is 0 Å². The van der Waals surface area contributed by atoms with Crippen molar-refractivity contribution in [2.75, 3.05) is 0 Å². The molecular formula is C13H15ClF2O. The van der Waals surface area contributed by atoms with Crippen LogP contribution < -0.4 is 0 Å². The summed E-state index contributed by atoms with van der Waals surface area (Å²) in [6.45, 7) is 4.12. The third-order valence-electron chi connectivity index (χ3n) is 3.18. The molecule has 0 bridgehead atoms. The number of rotatable bonds is 2. The van der Waals surface area contributed by atoms with Crippen LogP contribution in [0.4, 0.5) is 8.78 Å². The van der Waals surface area contributed by atoms with E-state index < -0.39 is 11.6 Å². The van der Waals surface area contributed by atoms with Crippen molar-refractivity contribution in [2.24, 2.45) is 5.92 Å². The number of hydrogen-bond donors (Lipinski definition) is 0. The van der Waals surface area contributed by atoms with E-state index in [1.807, 2.05) is 0 Å². The Morgan fingerprint density at radius 2 is 1.94 bits per heavy atom. The summed E-state index contributed by atoms with van der Waals surface area (Å²) >= 11 is 5.52. The van der Waals surface area contributed by atoms with Crippen molar-refractivity contribution in [1.29, 1.82) is 0 Å². The minimum Gasteiger partial charge on any atom is -0.370 e. The first-order chi connectivity index (χ1) is 7.99. The van der Waals surface area contributed by atoms with Crippen LogP contribution in [0.1, 0.15) is 38.4 Å². The van der Waals surface area contributed by atoms with E-state index in [9.17, 15) is 8.78 Å². The van der Waals surface area contributed by atoms with Gasteiger partial charge in [0.15, 0.2) is 0 Å². The molecule has 1 aliphatic rings. The van der Waals surface area contributed by atoms with Gasteiger partial charge in [-0.1, -0.05) is 25.4 Å². The lowest BCUT2D eigenvalue weighted by molar-refractivity contribution is 0.0170. The Hall–Kier alpha value is -0.670. The molecule has 1 heterocycles. The smallest absolute Gasteiger partial charge is 0.142 e. The van der Waals surface area contributed by atoms with Crippen LogP contribution in [-0.4, -0.2) is 6.10 Å². The maximum atomic E-state index is 13.7. The van der Waals surface area contributed by atoms with E-state index in [0.717, 1.165) is 25.0 Å². The Balaban J connectivity index is 2.22. The van der Waals surface area contributed by atoms with Crippen molar-refractivity contribution in [3.05, 3.63) is 34.4 Å². The molecule has 0 spiro atoms. The van der Waals surface area contributed by atoms with Crippen molar-refractivity contribution in [1.82, 2.24) is 0 Å². The Morgan fingerprint density at radius 3 is 2.53 bits per heavy atom. The van der Waals surface area contributed by atoms with Crippen LogP contribution in [0.2, 0.25) is 5.02 Å². The molecular weight excluding hydrogens is 246 g/mol. The van der Waals surface area contributed by atoms with Gasteiger partial charge >= 0.3 is 0 Å². The largest absolute Gasteiger partial charge is 0.370 e. The van der Waals surface area contributed by atoms with Gasteiger partial charge in [-0.3, -0.25) is 0 Å². The molecule has 4 heteroatoms. The summed E-state index contributed by atoms with van der Waals surface area (Å²) in [5, 5.41) is -0.190. The van der Waals surface area contributed by atoms with Crippen LogP contribution in [0, 0.1) is 17.6 Å². The highest BCUT2D eigenvalue weighted by Crippen LogP contribution is 2.37. The molecule has 1 fully saturated rings. The molecule has 0 radical (unpaired) electrons. The van der Waals surface area contributed by atoms with Gasteiger partial charge in [0.05, 0.1) is 17.2 Å². The predicted molar refractivity (Wildman–Crippen MR) is 63.1 cm³/mol.